The number of para-hydroxylation sites is 1. The number of fused-ring (bicyclic) bond motifs is 1. The number of benzene rings is 1. The molecule has 5 heteroatoms. The number of pyridine rings is 1. The highest BCUT2D eigenvalue weighted by molar-refractivity contribution is 9.10. The Balaban J connectivity index is 1.96. The molecule has 0 unspecified atom stereocenters. The van der Waals surface area contributed by atoms with E-state index in [1.165, 1.54) is 4.88 Å². The summed E-state index contributed by atoms with van der Waals surface area (Å²) in [5.74, 6) is 0. The van der Waals surface area contributed by atoms with Crippen molar-refractivity contribution in [1.82, 2.24) is 4.98 Å². The van der Waals surface area contributed by atoms with Gasteiger partial charge in [-0.1, -0.05) is 18.2 Å². The molecule has 0 bridgehead atoms. The number of nitrogen functional groups attached to an aromatic ring is 1. The Morgan fingerprint density at radius 1 is 1.26 bits per heavy atom. The predicted octanol–water partition coefficient (Wildman–Crippen LogP) is 4.25. The van der Waals surface area contributed by atoms with Crippen LogP contribution in [0.3, 0.4) is 0 Å². The molecule has 3 N–H and O–H groups in total. The number of aromatic nitrogens is 1. The van der Waals surface area contributed by atoms with Crippen molar-refractivity contribution in [1.29, 1.82) is 0 Å². The Morgan fingerprint density at radius 3 is 2.89 bits per heavy atom. The molecule has 2 aromatic heterocycles. The minimum atomic E-state index is 0.673. The zero-order valence-electron chi connectivity index (χ0n) is 10.1. The van der Waals surface area contributed by atoms with Crippen LogP contribution in [0.2, 0.25) is 0 Å². The number of anilines is 2. The van der Waals surface area contributed by atoms with Gasteiger partial charge in [-0.05, 0) is 33.4 Å². The minimum Gasteiger partial charge on any atom is -0.396 e. The van der Waals surface area contributed by atoms with Crippen LogP contribution < -0.4 is 11.1 Å². The number of halogens is 1. The summed E-state index contributed by atoms with van der Waals surface area (Å²) in [6.07, 6.45) is 1.70. The fourth-order valence-corrected chi connectivity index (χ4v) is 3.41. The Morgan fingerprint density at radius 2 is 2.11 bits per heavy atom. The van der Waals surface area contributed by atoms with E-state index >= 15 is 0 Å². The zero-order valence-corrected chi connectivity index (χ0v) is 12.5. The normalized spacial score (nSPS) is 10.8. The summed E-state index contributed by atoms with van der Waals surface area (Å²) < 4.78 is 1.13. The standard InChI is InChI=1S/C14H12BrN3S/c15-10-5-6-19-13(10)8-18-14-9-3-1-2-4-12(9)17-7-11(14)16/h1-7H,8,16H2,(H,17,18). The molecule has 0 amide bonds. The van der Waals surface area contributed by atoms with E-state index in [1.54, 1.807) is 17.5 Å². The Labute approximate surface area is 123 Å². The molecule has 96 valence electrons. The summed E-state index contributed by atoms with van der Waals surface area (Å²) in [4.78, 5) is 5.58. The molecule has 0 fully saturated rings. The highest BCUT2D eigenvalue weighted by Gasteiger charge is 2.07. The number of thiophene rings is 1. The van der Waals surface area contributed by atoms with Gasteiger partial charge in [-0.2, -0.15) is 0 Å². The lowest BCUT2D eigenvalue weighted by atomic mass is 10.1. The maximum atomic E-state index is 6.03. The van der Waals surface area contributed by atoms with Gasteiger partial charge in [0.2, 0.25) is 0 Å². The summed E-state index contributed by atoms with van der Waals surface area (Å²) >= 11 is 5.25. The fraction of sp³-hybridized carbons (Fsp3) is 0.0714. The molecular formula is C14H12BrN3S. The van der Waals surface area contributed by atoms with Crippen LogP contribution in [0.15, 0.2) is 46.4 Å². The largest absolute Gasteiger partial charge is 0.396 e. The van der Waals surface area contributed by atoms with Crippen LogP contribution in [0, 0.1) is 0 Å². The van der Waals surface area contributed by atoms with Crippen molar-refractivity contribution in [2.24, 2.45) is 0 Å². The summed E-state index contributed by atoms with van der Waals surface area (Å²) in [5.41, 5.74) is 8.60. The number of nitrogens with one attached hydrogen (secondary N) is 1. The highest BCUT2D eigenvalue weighted by atomic mass is 79.9. The number of nitrogens with zero attached hydrogens (tertiary/aromatic N) is 1. The molecule has 0 radical (unpaired) electrons. The van der Waals surface area contributed by atoms with E-state index in [1.807, 2.05) is 24.3 Å². The molecule has 0 saturated carbocycles. The highest BCUT2D eigenvalue weighted by Crippen LogP contribution is 2.29. The second kappa shape index (κ2) is 5.19. The Kier molecular flexibility index (Phi) is 3.40. The lowest BCUT2D eigenvalue weighted by Gasteiger charge is -2.11. The molecule has 0 aliphatic heterocycles. The molecule has 0 aliphatic carbocycles. The van der Waals surface area contributed by atoms with Crippen molar-refractivity contribution in [2.75, 3.05) is 11.1 Å². The molecule has 0 atom stereocenters. The summed E-state index contributed by atoms with van der Waals surface area (Å²) in [6, 6.07) is 10.0. The van der Waals surface area contributed by atoms with Crippen LogP contribution in [0.25, 0.3) is 10.9 Å². The number of hydrogen-bond acceptors (Lipinski definition) is 4. The van der Waals surface area contributed by atoms with Gasteiger partial charge in [0.15, 0.2) is 0 Å². The molecule has 3 nitrogen and oxygen atoms in total. The van der Waals surface area contributed by atoms with Crippen molar-refractivity contribution in [2.45, 2.75) is 6.54 Å². The molecule has 3 aromatic rings. The lowest BCUT2D eigenvalue weighted by Crippen LogP contribution is -2.03. The van der Waals surface area contributed by atoms with Crippen LogP contribution in [-0.2, 0) is 6.54 Å². The average molecular weight is 334 g/mol. The smallest absolute Gasteiger partial charge is 0.0743 e. The maximum absolute atomic E-state index is 6.03. The van der Waals surface area contributed by atoms with Crippen molar-refractivity contribution in [3.63, 3.8) is 0 Å². The lowest BCUT2D eigenvalue weighted by molar-refractivity contribution is 1.19. The monoisotopic (exact) mass is 333 g/mol. The van der Waals surface area contributed by atoms with Crippen molar-refractivity contribution < 1.29 is 0 Å². The Bertz CT molecular complexity index is 724. The van der Waals surface area contributed by atoms with E-state index < -0.39 is 0 Å². The molecule has 0 spiro atoms. The van der Waals surface area contributed by atoms with Gasteiger partial charge in [0.1, 0.15) is 0 Å². The van der Waals surface area contributed by atoms with E-state index in [9.17, 15) is 0 Å². The average Bonchev–Trinajstić information content (AvgIpc) is 2.83. The van der Waals surface area contributed by atoms with Crippen LogP contribution in [0.5, 0.6) is 0 Å². The summed E-state index contributed by atoms with van der Waals surface area (Å²) in [6.45, 7) is 0.746. The first-order valence-electron chi connectivity index (χ1n) is 5.84. The first-order valence-corrected chi connectivity index (χ1v) is 7.52. The third kappa shape index (κ3) is 2.43. The summed E-state index contributed by atoms with van der Waals surface area (Å²) in [7, 11) is 0. The SMILES string of the molecule is Nc1cnc2ccccc2c1NCc1sccc1Br. The molecule has 2 heterocycles. The van der Waals surface area contributed by atoms with E-state index in [2.05, 4.69) is 37.7 Å². The number of nitrogens with two attached hydrogens (primary N) is 1. The van der Waals surface area contributed by atoms with Crippen molar-refractivity contribution >= 4 is 49.5 Å². The van der Waals surface area contributed by atoms with Gasteiger partial charge < -0.3 is 11.1 Å². The van der Waals surface area contributed by atoms with E-state index in [0.717, 1.165) is 27.6 Å². The van der Waals surface area contributed by atoms with Gasteiger partial charge in [-0.25, -0.2) is 0 Å². The molecule has 1 aromatic carbocycles. The molecule has 3 rings (SSSR count). The fourth-order valence-electron chi connectivity index (χ4n) is 1.97. The minimum absolute atomic E-state index is 0.673. The van der Waals surface area contributed by atoms with E-state index in [4.69, 9.17) is 5.73 Å². The van der Waals surface area contributed by atoms with Crippen LogP contribution >= 0.6 is 27.3 Å². The first kappa shape index (κ1) is 12.4. The number of hydrogen-bond donors (Lipinski definition) is 2. The predicted molar refractivity (Wildman–Crippen MR) is 85.5 cm³/mol. The van der Waals surface area contributed by atoms with Crippen molar-refractivity contribution in [3.8, 4) is 0 Å². The topological polar surface area (TPSA) is 50.9 Å². The zero-order chi connectivity index (χ0) is 13.2. The molecule has 0 aliphatic rings. The van der Waals surface area contributed by atoms with Crippen LogP contribution in [0.4, 0.5) is 11.4 Å². The van der Waals surface area contributed by atoms with Gasteiger partial charge in [0.05, 0.1) is 29.6 Å². The van der Waals surface area contributed by atoms with Gasteiger partial charge in [0, 0.05) is 14.7 Å². The van der Waals surface area contributed by atoms with Gasteiger partial charge >= 0.3 is 0 Å². The number of rotatable bonds is 3. The molecular weight excluding hydrogens is 322 g/mol. The van der Waals surface area contributed by atoms with Gasteiger partial charge in [0.25, 0.3) is 0 Å². The van der Waals surface area contributed by atoms with E-state index in [-0.39, 0.29) is 0 Å². The third-order valence-corrected chi connectivity index (χ3v) is 4.85. The first-order chi connectivity index (χ1) is 9.25. The van der Waals surface area contributed by atoms with Crippen molar-refractivity contribution in [3.05, 3.63) is 51.3 Å². The second-order valence-electron chi connectivity index (χ2n) is 4.15. The Hall–Kier alpha value is -1.59. The van der Waals surface area contributed by atoms with Gasteiger partial charge in [-0.3, -0.25) is 4.98 Å². The molecule has 19 heavy (non-hydrogen) atoms. The van der Waals surface area contributed by atoms with Gasteiger partial charge in [-0.15, -0.1) is 11.3 Å². The quantitative estimate of drug-likeness (QED) is 0.753. The van der Waals surface area contributed by atoms with Crippen LogP contribution in [0.1, 0.15) is 4.88 Å². The van der Waals surface area contributed by atoms with Crippen LogP contribution in [-0.4, -0.2) is 4.98 Å². The molecule has 0 saturated heterocycles. The second-order valence-corrected chi connectivity index (χ2v) is 6.01. The third-order valence-electron chi connectivity index (χ3n) is 2.92. The van der Waals surface area contributed by atoms with E-state index in [0.29, 0.717) is 5.69 Å². The maximum Gasteiger partial charge on any atom is 0.0743 e. The summed E-state index contributed by atoms with van der Waals surface area (Å²) in [5, 5.41) is 6.53.